The Morgan fingerprint density at radius 2 is 2.27 bits per heavy atom. The van der Waals surface area contributed by atoms with E-state index in [4.69, 9.17) is 9.15 Å². The van der Waals surface area contributed by atoms with E-state index in [1.807, 2.05) is 19.1 Å². The lowest BCUT2D eigenvalue weighted by atomic mass is 10.0. The molecule has 1 N–H and O–H groups in total. The number of ketones is 1. The molecule has 0 aliphatic carbocycles. The molecule has 2 aromatic rings. The van der Waals surface area contributed by atoms with Crippen LogP contribution >= 0.6 is 0 Å². The Hall–Kier alpha value is -2.63. The third-order valence-electron chi connectivity index (χ3n) is 3.51. The number of hydrogen-bond donors (Lipinski definition) is 1. The number of rotatable bonds is 3. The summed E-state index contributed by atoms with van der Waals surface area (Å²) in [6.45, 7) is 3.84. The van der Waals surface area contributed by atoms with Crippen LogP contribution < -0.4 is 10.1 Å². The third kappa shape index (κ3) is 2.86. The average molecular weight is 300 g/mol. The summed E-state index contributed by atoms with van der Waals surface area (Å²) in [5.41, 5.74) is 1.04. The van der Waals surface area contributed by atoms with Gasteiger partial charge in [0.2, 0.25) is 5.88 Å². The molecule has 2 aromatic heterocycles. The van der Waals surface area contributed by atoms with Gasteiger partial charge < -0.3 is 14.5 Å². The van der Waals surface area contributed by atoms with Crippen LogP contribution in [-0.4, -0.2) is 22.8 Å². The molecular weight excluding hydrogens is 284 g/mol. The monoisotopic (exact) mass is 300 g/mol. The maximum atomic E-state index is 12.1. The van der Waals surface area contributed by atoms with E-state index >= 15 is 0 Å². The zero-order valence-electron chi connectivity index (χ0n) is 12.4. The van der Waals surface area contributed by atoms with Crippen LogP contribution in [0.3, 0.4) is 0 Å². The molecule has 1 amide bonds. The molecule has 0 bridgehead atoms. The fourth-order valence-corrected chi connectivity index (χ4v) is 2.27. The second kappa shape index (κ2) is 5.63. The Labute approximate surface area is 127 Å². The smallest absolute Gasteiger partial charge is 0.253 e. The molecule has 0 aromatic carbocycles. The first-order chi connectivity index (χ1) is 10.5. The van der Waals surface area contributed by atoms with Gasteiger partial charge in [-0.25, -0.2) is 4.98 Å². The number of fused-ring (bicyclic) bond motifs is 1. The van der Waals surface area contributed by atoms with Crippen molar-refractivity contribution in [1.29, 1.82) is 0 Å². The van der Waals surface area contributed by atoms with Crippen LogP contribution in [0.5, 0.6) is 5.88 Å². The van der Waals surface area contributed by atoms with E-state index in [0.29, 0.717) is 29.3 Å². The van der Waals surface area contributed by atoms with Gasteiger partial charge in [0.05, 0.1) is 12.1 Å². The van der Waals surface area contributed by atoms with Crippen molar-refractivity contribution < 1.29 is 18.7 Å². The van der Waals surface area contributed by atoms with Gasteiger partial charge in [0.1, 0.15) is 11.5 Å². The number of nitrogens with one attached hydrogen (secondary N) is 1. The number of carbonyl (C=O) groups excluding carboxylic acids is 2. The molecule has 1 aliphatic heterocycles. The topological polar surface area (TPSA) is 81.4 Å². The van der Waals surface area contributed by atoms with E-state index in [9.17, 15) is 9.59 Å². The van der Waals surface area contributed by atoms with Crippen LogP contribution in [0.15, 0.2) is 28.8 Å². The van der Waals surface area contributed by atoms with Gasteiger partial charge >= 0.3 is 0 Å². The van der Waals surface area contributed by atoms with Crippen molar-refractivity contribution in [3.05, 3.63) is 47.0 Å². The quantitative estimate of drug-likeness (QED) is 0.935. The minimum absolute atomic E-state index is 0.0158. The SMILES string of the molecule is Cc1ccc(CNC(=O)c2cnc3c(c2)CC(=O)C(C)O3)o1. The van der Waals surface area contributed by atoms with Crippen molar-refractivity contribution in [2.75, 3.05) is 0 Å². The maximum absolute atomic E-state index is 12.1. The van der Waals surface area contributed by atoms with Crippen molar-refractivity contribution in [2.45, 2.75) is 32.9 Å². The Balaban J connectivity index is 1.71. The number of nitrogens with zero attached hydrogens (tertiary/aromatic N) is 1. The second-order valence-corrected chi connectivity index (χ2v) is 5.29. The number of amides is 1. The van der Waals surface area contributed by atoms with Gasteiger partial charge in [-0.2, -0.15) is 0 Å². The number of Topliss-reactive ketones (excluding diaryl/α,β-unsaturated/α-hetero) is 1. The summed E-state index contributed by atoms with van der Waals surface area (Å²) in [4.78, 5) is 27.9. The Morgan fingerprint density at radius 3 is 3.00 bits per heavy atom. The first-order valence-corrected chi connectivity index (χ1v) is 7.05. The second-order valence-electron chi connectivity index (χ2n) is 5.29. The molecule has 6 nitrogen and oxygen atoms in total. The summed E-state index contributed by atoms with van der Waals surface area (Å²) in [6.07, 6.45) is 1.20. The molecule has 1 aliphatic rings. The lowest BCUT2D eigenvalue weighted by Crippen LogP contribution is -2.31. The highest BCUT2D eigenvalue weighted by Crippen LogP contribution is 2.24. The number of carbonyl (C=O) groups is 2. The van der Waals surface area contributed by atoms with Gasteiger partial charge in [-0.15, -0.1) is 0 Å². The number of aromatic nitrogens is 1. The van der Waals surface area contributed by atoms with Gasteiger partial charge in [-0.3, -0.25) is 9.59 Å². The number of aryl methyl sites for hydroxylation is 1. The van der Waals surface area contributed by atoms with Gasteiger partial charge in [-0.05, 0) is 32.0 Å². The first kappa shape index (κ1) is 14.3. The molecular formula is C16H16N2O4. The summed E-state index contributed by atoms with van der Waals surface area (Å²) in [5, 5.41) is 2.76. The highest BCUT2D eigenvalue weighted by molar-refractivity contribution is 5.95. The fraction of sp³-hybridized carbons (Fsp3) is 0.312. The van der Waals surface area contributed by atoms with Crippen LogP contribution in [-0.2, 0) is 17.8 Å². The number of hydrogen-bond acceptors (Lipinski definition) is 5. The summed E-state index contributed by atoms with van der Waals surface area (Å²) in [7, 11) is 0. The molecule has 114 valence electrons. The molecule has 0 saturated carbocycles. The van der Waals surface area contributed by atoms with E-state index in [-0.39, 0.29) is 18.1 Å². The largest absolute Gasteiger partial charge is 0.466 e. The lowest BCUT2D eigenvalue weighted by molar-refractivity contribution is -0.125. The highest BCUT2D eigenvalue weighted by Gasteiger charge is 2.25. The zero-order chi connectivity index (χ0) is 15.7. The van der Waals surface area contributed by atoms with Crippen molar-refractivity contribution >= 4 is 11.7 Å². The van der Waals surface area contributed by atoms with Crippen LogP contribution in [0.1, 0.15) is 34.4 Å². The predicted octanol–water partition coefficient (Wildman–Crippen LogP) is 1.81. The van der Waals surface area contributed by atoms with Crippen LogP contribution in [0, 0.1) is 6.92 Å². The van der Waals surface area contributed by atoms with Crippen LogP contribution in [0.2, 0.25) is 0 Å². The Bertz CT molecular complexity index is 735. The molecule has 6 heteroatoms. The normalized spacial score (nSPS) is 16.8. The molecule has 0 fully saturated rings. The van der Waals surface area contributed by atoms with Crippen LogP contribution in [0.25, 0.3) is 0 Å². The molecule has 1 atom stereocenters. The minimum atomic E-state index is -0.484. The predicted molar refractivity (Wildman–Crippen MR) is 77.7 cm³/mol. The third-order valence-corrected chi connectivity index (χ3v) is 3.51. The van der Waals surface area contributed by atoms with E-state index in [2.05, 4.69) is 10.3 Å². The first-order valence-electron chi connectivity index (χ1n) is 7.05. The average Bonchev–Trinajstić information content (AvgIpc) is 2.91. The van der Waals surface area contributed by atoms with Crippen molar-refractivity contribution in [3.63, 3.8) is 0 Å². The van der Waals surface area contributed by atoms with E-state index in [1.165, 1.54) is 6.20 Å². The summed E-state index contributed by atoms with van der Waals surface area (Å²) >= 11 is 0. The maximum Gasteiger partial charge on any atom is 0.253 e. The molecule has 0 radical (unpaired) electrons. The number of furan rings is 1. The van der Waals surface area contributed by atoms with Gasteiger partial charge in [-0.1, -0.05) is 0 Å². The van der Waals surface area contributed by atoms with E-state index in [0.717, 1.165) is 5.76 Å². The van der Waals surface area contributed by atoms with Gasteiger partial charge in [0.25, 0.3) is 5.91 Å². The summed E-state index contributed by atoms with van der Waals surface area (Å²) < 4.78 is 10.8. The van der Waals surface area contributed by atoms with E-state index < -0.39 is 6.10 Å². The molecule has 1 unspecified atom stereocenters. The highest BCUT2D eigenvalue weighted by atomic mass is 16.5. The van der Waals surface area contributed by atoms with Crippen molar-refractivity contribution in [2.24, 2.45) is 0 Å². The molecule has 3 heterocycles. The van der Waals surface area contributed by atoms with Crippen molar-refractivity contribution in [3.8, 4) is 5.88 Å². The van der Waals surface area contributed by atoms with E-state index in [1.54, 1.807) is 13.0 Å². The standard InChI is InChI=1S/C16H16N2O4/c1-9-3-4-13(21-9)8-17-15(20)12-5-11-6-14(19)10(2)22-16(11)18-7-12/h3-5,7,10H,6,8H2,1-2H3,(H,17,20). The Kier molecular flexibility index (Phi) is 3.66. The molecule has 0 spiro atoms. The lowest BCUT2D eigenvalue weighted by Gasteiger charge is -2.21. The van der Waals surface area contributed by atoms with Crippen LogP contribution in [0.4, 0.5) is 0 Å². The summed E-state index contributed by atoms with van der Waals surface area (Å²) in [6, 6.07) is 5.30. The summed E-state index contributed by atoms with van der Waals surface area (Å²) in [5.74, 6) is 1.62. The minimum Gasteiger partial charge on any atom is -0.466 e. The number of pyridine rings is 1. The molecule has 0 saturated heterocycles. The number of ether oxygens (including phenoxy) is 1. The zero-order valence-corrected chi connectivity index (χ0v) is 12.4. The van der Waals surface area contributed by atoms with Gasteiger partial charge in [0, 0.05) is 18.2 Å². The van der Waals surface area contributed by atoms with Crippen molar-refractivity contribution in [1.82, 2.24) is 10.3 Å². The fourth-order valence-electron chi connectivity index (χ4n) is 2.27. The Morgan fingerprint density at radius 1 is 1.45 bits per heavy atom. The molecule has 3 rings (SSSR count). The molecule has 22 heavy (non-hydrogen) atoms. The van der Waals surface area contributed by atoms with Gasteiger partial charge in [0.15, 0.2) is 11.9 Å².